The molecule has 2 heterocycles. The van der Waals surface area contributed by atoms with Crippen LogP contribution in [0.2, 0.25) is 0 Å². The molecule has 0 unspecified atom stereocenters. The van der Waals surface area contributed by atoms with Crippen molar-refractivity contribution in [1.29, 1.82) is 0 Å². The maximum atomic E-state index is 12.5. The summed E-state index contributed by atoms with van der Waals surface area (Å²) in [5, 5.41) is 4.96. The van der Waals surface area contributed by atoms with Crippen LogP contribution >= 0.6 is 11.3 Å². The number of hydrogen-bond donors (Lipinski definition) is 1. The Bertz CT molecular complexity index is 1100. The average molecular weight is 391 g/mol. The molecule has 28 heavy (non-hydrogen) atoms. The predicted molar refractivity (Wildman–Crippen MR) is 112 cm³/mol. The molecule has 142 valence electrons. The normalized spacial score (nSPS) is 10.9. The molecule has 6 heteroatoms. The highest BCUT2D eigenvalue weighted by molar-refractivity contribution is 7.09. The largest absolute Gasteiger partial charge is 0.494 e. The Labute approximate surface area is 167 Å². The molecule has 0 aliphatic heterocycles. The van der Waals surface area contributed by atoms with Crippen LogP contribution in [0.25, 0.3) is 16.7 Å². The minimum absolute atomic E-state index is 0.0939. The van der Waals surface area contributed by atoms with Gasteiger partial charge in [0.05, 0.1) is 24.2 Å². The zero-order valence-corrected chi connectivity index (χ0v) is 16.6. The number of rotatable bonds is 6. The molecule has 1 N–H and O–H groups in total. The minimum atomic E-state index is -0.0939. The van der Waals surface area contributed by atoms with Crippen LogP contribution in [0, 0.1) is 6.92 Å². The summed E-state index contributed by atoms with van der Waals surface area (Å²) in [6.07, 6.45) is 0. The number of ether oxygens (including phenoxy) is 1. The van der Waals surface area contributed by atoms with E-state index in [4.69, 9.17) is 4.74 Å². The summed E-state index contributed by atoms with van der Waals surface area (Å²) in [4.78, 5) is 18.3. The molecule has 2 aromatic carbocycles. The summed E-state index contributed by atoms with van der Waals surface area (Å²) >= 11 is 1.63. The first-order valence-electron chi connectivity index (χ1n) is 9.18. The molecule has 0 aliphatic carbocycles. The Hall–Kier alpha value is -3.12. The molecule has 0 saturated heterocycles. The zero-order chi connectivity index (χ0) is 19.5. The molecule has 0 fully saturated rings. The fourth-order valence-corrected chi connectivity index (χ4v) is 3.85. The van der Waals surface area contributed by atoms with Crippen LogP contribution in [0.1, 0.15) is 28.0 Å². The maximum absolute atomic E-state index is 12.5. The molecular weight excluding hydrogens is 370 g/mol. The number of aryl methyl sites for hydroxylation is 1. The van der Waals surface area contributed by atoms with Crippen molar-refractivity contribution in [1.82, 2.24) is 14.9 Å². The number of benzene rings is 2. The number of thiophene rings is 1. The molecule has 0 bridgehead atoms. The second-order valence-electron chi connectivity index (χ2n) is 6.39. The molecule has 1 amide bonds. The van der Waals surface area contributed by atoms with E-state index in [9.17, 15) is 4.79 Å². The molecule has 0 aliphatic rings. The third-order valence-electron chi connectivity index (χ3n) is 4.49. The Morgan fingerprint density at radius 2 is 2.00 bits per heavy atom. The molecule has 2 aromatic heterocycles. The maximum Gasteiger partial charge on any atom is 0.251 e. The van der Waals surface area contributed by atoms with Gasteiger partial charge in [-0.05, 0) is 67.8 Å². The number of nitrogens with one attached hydrogen (secondary N) is 1. The van der Waals surface area contributed by atoms with Gasteiger partial charge in [-0.1, -0.05) is 6.07 Å². The fraction of sp³-hybridized carbons (Fsp3) is 0.182. The van der Waals surface area contributed by atoms with Gasteiger partial charge in [0.2, 0.25) is 0 Å². The molecule has 0 radical (unpaired) electrons. The highest BCUT2D eigenvalue weighted by Crippen LogP contribution is 2.24. The predicted octanol–water partition coefficient (Wildman–Crippen LogP) is 4.72. The number of aromatic nitrogens is 2. The van der Waals surface area contributed by atoms with E-state index in [1.807, 2.05) is 73.8 Å². The monoisotopic (exact) mass is 391 g/mol. The fourth-order valence-electron chi connectivity index (χ4n) is 3.21. The van der Waals surface area contributed by atoms with E-state index in [0.29, 0.717) is 18.7 Å². The van der Waals surface area contributed by atoms with Crippen molar-refractivity contribution in [3.8, 4) is 11.4 Å². The van der Waals surface area contributed by atoms with E-state index in [-0.39, 0.29) is 5.91 Å². The van der Waals surface area contributed by atoms with Gasteiger partial charge in [-0.15, -0.1) is 11.3 Å². The Morgan fingerprint density at radius 1 is 1.18 bits per heavy atom. The summed E-state index contributed by atoms with van der Waals surface area (Å²) < 4.78 is 7.60. The van der Waals surface area contributed by atoms with Crippen LogP contribution in [0.15, 0.2) is 60.0 Å². The lowest BCUT2D eigenvalue weighted by Gasteiger charge is -2.09. The summed E-state index contributed by atoms with van der Waals surface area (Å²) in [6.45, 7) is 5.11. The van der Waals surface area contributed by atoms with Crippen molar-refractivity contribution in [2.24, 2.45) is 0 Å². The summed E-state index contributed by atoms with van der Waals surface area (Å²) in [6, 6.07) is 17.6. The van der Waals surface area contributed by atoms with E-state index in [0.717, 1.165) is 33.2 Å². The van der Waals surface area contributed by atoms with Crippen molar-refractivity contribution in [3.05, 3.63) is 76.2 Å². The average Bonchev–Trinajstić information content (AvgIpc) is 3.33. The van der Waals surface area contributed by atoms with Crippen LogP contribution in [0.3, 0.4) is 0 Å². The second-order valence-corrected chi connectivity index (χ2v) is 7.42. The van der Waals surface area contributed by atoms with Gasteiger partial charge in [0.15, 0.2) is 0 Å². The summed E-state index contributed by atoms with van der Waals surface area (Å²) in [7, 11) is 0. The van der Waals surface area contributed by atoms with Gasteiger partial charge in [0, 0.05) is 16.1 Å². The van der Waals surface area contributed by atoms with Gasteiger partial charge in [0.1, 0.15) is 11.6 Å². The van der Waals surface area contributed by atoms with Crippen molar-refractivity contribution in [2.75, 3.05) is 6.61 Å². The van der Waals surface area contributed by atoms with Crippen molar-refractivity contribution < 1.29 is 9.53 Å². The topological polar surface area (TPSA) is 56.2 Å². The lowest BCUT2D eigenvalue weighted by molar-refractivity contribution is 0.0951. The Balaban J connectivity index is 1.60. The standard InChI is InChI=1S/C22H21N3O2S/c1-3-27-18-9-7-17(8-10-18)25-15(2)24-20-13-16(6-11-21(20)25)22(26)23-14-19-5-4-12-28-19/h4-13H,3,14H2,1-2H3,(H,23,26). The Kier molecular flexibility index (Phi) is 5.12. The number of hydrogen-bond acceptors (Lipinski definition) is 4. The molecule has 4 aromatic rings. The Morgan fingerprint density at radius 3 is 2.71 bits per heavy atom. The summed E-state index contributed by atoms with van der Waals surface area (Å²) in [5.74, 6) is 1.62. The van der Waals surface area contributed by atoms with Gasteiger partial charge in [-0.2, -0.15) is 0 Å². The first kappa shape index (κ1) is 18.3. The molecular formula is C22H21N3O2S. The lowest BCUT2D eigenvalue weighted by atomic mass is 10.2. The van der Waals surface area contributed by atoms with Crippen LogP contribution in [0.5, 0.6) is 5.75 Å². The van der Waals surface area contributed by atoms with E-state index in [1.54, 1.807) is 11.3 Å². The van der Waals surface area contributed by atoms with Crippen molar-refractivity contribution in [2.45, 2.75) is 20.4 Å². The van der Waals surface area contributed by atoms with Gasteiger partial charge in [-0.25, -0.2) is 4.98 Å². The highest BCUT2D eigenvalue weighted by atomic mass is 32.1. The van der Waals surface area contributed by atoms with E-state index in [1.165, 1.54) is 0 Å². The minimum Gasteiger partial charge on any atom is -0.494 e. The van der Waals surface area contributed by atoms with Crippen LogP contribution < -0.4 is 10.1 Å². The second kappa shape index (κ2) is 7.86. The van der Waals surface area contributed by atoms with Crippen molar-refractivity contribution in [3.63, 3.8) is 0 Å². The number of fused-ring (bicyclic) bond motifs is 1. The van der Waals surface area contributed by atoms with Gasteiger partial charge in [-0.3, -0.25) is 9.36 Å². The lowest BCUT2D eigenvalue weighted by Crippen LogP contribution is -2.22. The molecule has 4 rings (SSSR count). The molecule has 0 saturated carbocycles. The van der Waals surface area contributed by atoms with Crippen LogP contribution in [0.4, 0.5) is 0 Å². The van der Waals surface area contributed by atoms with Gasteiger partial charge in [0.25, 0.3) is 5.91 Å². The molecule has 0 spiro atoms. The number of imidazole rings is 1. The quantitative estimate of drug-likeness (QED) is 0.517. The SMILES string of the molecule is CCOc1ccc(-n2c(C)nc3cc(C(=O)NCc4cccs4)ccc32)cc1. The number of carbonyl (C=O) groups is 1. The van der Waals surface area contributed by atoms with E-state index < -0.39 is 0 Å². The van der Waals surface area contributed by atoms with Crippen LogP contribution in [-0.2, 0) is 6.54 Å². The number of carbonyl (C=O) groups excluding carboxylic acids is 1. The smallest absolute Gasteiger partial charge is 0.251 e. The zero-order valence-electron chi connectivity index (χ0n) is 15.8. The molecule has 0 atom stereocenters. The number of amides is 1. The van der Waals surface area contributed by atoms with Gasteiger partial charge >= 0.3 is 0 Å². The third kappa shape index (κ3) is 3.64. The number of nitrogens with zero attached hydrogens (tertiary/aromatic N) is 2. The highest BCUT2D eigenvalue weighted by Gasteiger charge is 2.13. The van der Waals surface area contributed by atoms with Crippen molar-refractivity contribution >= 4 is 28.3 Å². The summed E-state index contributed by atoms with van der Waals surface area (Å²) in [5.41, 5.74) is 3.39. The van der Waals surface area contributed by atoms with Gasteiger partial charge < -0.3 is 10.1 Å². The van der Waals surface area contributed by atoms with E-state index >= 15 is 0 Å². The third-order valence-corrected chi connectivity index (χ3v) is 5.37. The first-order chi connectivity index (χ1) is 13.7. The van der Waals surface area contributed by atoms with E-state index in [2.05, 4.69) is 14.9 Å². The molecule has 5 nitrogen and oxygen atoms in total. The first-order valence-corrected chi connectivity index (χ1v) is 10.1. The van der Waals surface area contributed by atoms with Crippen LogP contribution in [-0.4, -0.2) is 22.1 Å².